The Balaban J connectivity index is 2.38. The molecular formula is C15H13NO6S. The third-order valence-electron chi connectivity index (χ3n) is 3.09. The van der Waals surface area contributed by atoms with Crippen molar-refractivity contribution < 1.29 is 22.3 Å². The summed E-state index contributed by atoms with van der Waals surface area (Å²) in [7, 11) is -4.16. The van der Waals surface area contributed by atoms with Crippen LogP contribution in [0.2, 0.25) is 0 Å². The highest BCUT2D eigenvalue weighted by Gasteiger charge is 2.21. The molecule has 0 saturated heterocycles. The van der Waals surface area contributed by atoms with Gasteiger partial charge in [-0.3, -0.25) is 14.9 Å². The maximum atomic E-state index is 12.3. The van der Waals surface area contributed by atoms with Crippen LogP contribution in [-0.4, -0.2) is 19.1 Å². The van der Waals surface area contributed by atoms with Gasteiger partial charge >= 0.3 is 10.1 Å². The summed E-state index contributed by atoms with van der Waals surface area (Å²) in [4.78, 5) is 21.2. The Labute approximate surface area is 132 Å². The summed E-state index contributed by atoms with van der Waals surface area (Å²) in [6.07, 6.45) is 0. The molecule has 0 aliphatic carbocycles. The van der Waals surface area contributed by atoms with E-state index in [0.29, 0.717) is 5.56 Å². The topological polar surface area (TPSA) is 104 Å². The quantitative estimate of drug-likeness (QED) is 0.360. The van der Waals surface area contributed by atoms with Crippen LogP contribution in [0.1, 0.15) is 22.8 Å². The van der Waals surface area contributed by atoms with E-state index in [9.17, 15) is 23.3 Å². The number of carbonyl (C=O) groups is 1. The largest absolute Gasteiger partial charge is 0.379 e. The minimum atomic E-state index is -4.16. The van der Waals surface area contributed by atoms with Gasteiger partial charge in [-0.2, -0.15) is 8.42 Å². The van der Waals surface area contributed by atoms with Crippen molar-refractivity contribution in [3.05, 3.63) is 63.7 Å². The lowest BCUT2D eigenvalue weighted by Crippen LogP contribution is -2.11. The molecule has 0 atom stereocenters. The fraction of sp³-hybridized carbons (Fsp3) is 0.133. The summed E-state index contributed by atoms with van der Waals surface area (Å²) in [6, 6.07) is 9.14. The van der Waals surface area contributed by atoms with Gasteiger partial charge < -0.3 is 4.18 Å². The normalized spacial score (nSPS) is 11.0. The van der Waals surface area contributed by atoms with Gasteiger partial charge in [-0.15, -0.1) is 0 Å². The number of hydrogen-bond donors (Lipinski definition) is 0. The molecule has 120 valence electrons. The Morgan fingerprint density at radius 3 is 2.43 bits per heavy atom. The zero-order chi connectivity index (χ0) is 17.2. The van der Waals surface area contributed by atoms with Crippen molar-refractivity contribution in [1.82, 2.24) is 0 Å². The average molecular weight is 335 g/mol. The number of benzene rings is 2. The maximum absolute atomic E-state index is 12.3. The second-order valence-corrected chi connectivity index (χ2v) is 6.34. The summed E-state index contributed by atoms with van der Waals surface area (Å²) in [5.41, 5.74) is 0.306. The predicted molar refractivity (Wildman–Crippen MR) is 82.1 cm³/mol. The molecule has 0 aliphatic rings. The Morgan fingerprint density at radius 1 is 1.17 bits per heavy atom. The van der Waals surface area contributed by atoms with Crippen LogP contribution in [0, 0.1) is 17.0 Å². The first-order chi connectivity index (χ1) is 10.7. The first kappa shape index (κ1) is 16.6. The van der Waals surface area contributed by atoms with Crippen molar-refractivity contribution in [1.29, 1.82) is 0 Å². The van der Waals surface area contributed by atoms with Gasteiger partial charge in [0.1, 0.15) is 10.6 Å². The van der Waals surface area contributed by atoms with E-state index in [2.05, 4.69) is 0 Å². The van der Waals surface area contributed by atoms with Gasteiger partial charge in [0.05, 0.1) is 4.92 Å². The first-order valence-corrected chi connectivity index (χ1v) is 7.92. The van der Waals surface area contributed by atoms with Gasteiger partial charge in [0.25, 0.3) is 5.69 Å². The number of rotatable bonds is 5. The molecule has 0 spiro atoms. The Morgan fingerprint density at radius 2 is 1.87 bits per heavy atom. The molecule has 23 heavy (non-hydrogen) atoms. The van der Waals surface area contributed by atoms with E-state index < -0.39 is 15.0 Å². The number of aryl methyl sites for hydroxylation is 1. The number of nitro groups is 1. The van der Waals surface area contributed by atoms with Crippen LogP contribution in [0.4, 0.5) is 5.69 Å². The summed E-state index contributed by atoms with van der Waals surface area (Å²) in [5, 5.41) is 10.7. The van der Waals surface area contributed by atoms with E-state index in [-0.39, 0.29) is 27.7 Å². The lowest BCUT2D eigenvalue weighted by molar-refractivity contribution is -0.385. The fourth-order valence-electron chi connectivity index (χ4n) is 1.97. The monoisotopic (exact) mass is 335 g/mol. The lowest BCUT2D eigenvalue weighted by Gasteiger charge is -2.09. The van der Waals surface area contributed by atoms with E-state index in [0.717, 1.165) is 18.2 Å². The minimum absolute atomic E-state index is 0.00421. The molecule has 0 saturated carbocycles. The summed E-state index contributed by atoms with van der Waals surface area (Å²) in [6.45, 7) is 2.79. The zero-order valence-corrected chi connectivity index (χ0v) is 13.2. The predicted octanol–water partition coefficient (Wildman–Crippen LogP) is 2.87. The number of non-ortho nitro benzene ring substituents is 1. The van der Waals surface area contributed by atoms with E-state index in [1.807, 2.05) is 0 Å². The highest BCUT2D eigenvalue weighted by atomic mass is 32.2. The number of Topliss-reactive ketones (excluding diaryl/α,β-unsaturated/α-hetero) is 1. The number of nitro benzene ring substituents is 1. The van der Waals surface area contributed by atoms with Crippen LogP contribution in [0.5, 0.6) is 5.75 Å². The molecule has 0 bridgehead atoms. The molecule has 0 N–H and O–H groups in total. The summed E-state index contributed by atoms with van der Waals surface area (Å²) in [5.74, 6) is -0.227. The molecular weight excluding hydrogens is 322 g/mol. The van der Waals surface area contributed by atoms with E-state index in [4.69, 9.17) is 4.18 Å². The minimum Gasteiger partial charge on any atom is -0.379 e. The van der Waals surface area contributed by atoms with Gasteiger partial charge in [-0.1, -0.05) is 12.1 Å². The molecule has 0 aliphatic heterocycles. The third-order valence-corrected chi connectivity index (χ3v) is 4.49. The van der Waals surface area contributed by atoms with E-state index >= 15 is 0 Å². The number of hydrogen-bond acceptors (Lipinski definition) is 6. The average Bonchev–Trinajstić information content (AvgIpc) is 2.46. The lowest BCUT2D eigenvalue weighted by atomic mass is 10.1. The standard InChI is InChI=1S/C15H13NO6S/c1-10-8-13(16(18)19)6-7-15(10)23(20,21)22-14-5-3-4-12(9-14)11(2)17/h3-9H,1-2H3. The molecule has 7 nitrogen and oxygen atoms in total. The highest BCUT2D eigenvalue weighted by molar-refractivity contribution is 7.87. The number of ketones is 1. The van der Waals surface area contributed by atoms with Crippen molar-refractivity contribution in [3.8, 4) is 5.75 Å². The molecule has 0 aromatic heterocycles. The van der Waals surface area contributed by atoms with Crippen molar-refractivity contribution in [2.45, 2.75) is 18.7 Å². The molecule has 2 rings (SSSR count). The van der Waals surface area contributed by atoms with Crippen molar-refractivity contribution in [2.24, 2.45) is 0 Å². The maximum Gasteiger partial charge on any atom is 0.339 e. The Hall–Kier alpha value is -2.74. The molecule has 2 aromatic carbocycles. The number of carbonyl (C=O) groups excluding carboxylic acids is 1. The van der Waals surface area contributed by atoms with Gasteiger partial charge in [0.15, 0.2) is 5.78 Å². The molecule has 0 radical (unpaired) electrons. The second kappa shape index (κ2) is 6.17. The molecule has 0 amide bonds. The SMILES string of the molecule is CC(=O)c1cccc(OS(=O)(=O)c2ccc([N+](=O)[O-])cc2C)c1. The van der Waals surface area contributed by atoms with Crippen LogP contribution >= 0.6 is 0 Å². The van der Waals surface area contributed by atoms with E-state index in [1.165, 1.54) is 32.0 Å². The van der Waals surface area contributed by atoms with Crippen molar-refractivity contribution in [2.75, 3.05) is 0 Å². The van der Waals surface area contributed by atoms with E-state index in [1.54, 1.807) is 6.07 Å². The van der Waals surface area contributed by atoms with Gasteiger partial charge in [-0.05, 0) is 37.6 Å². The second-order valence-electron chi connectivity index (χ2n) is 4.83. The van der Waals surface area contributed by atoms with Crippen LogP contribution < -0.4 is 4.18 Å². The molecule has 8 heteroatoms. The molecule has 2 aromatic rings. The summed E-state index contributed by atoms with van der Waals surface area (Å²) < 4.78 is 29.6. The Kier molecular flexibility index (Phi) is 4.46. The van der Waals surface area contributed by atoms with Crippen LogP contribution in [0.15, 0.2) is 47.4 Å². The van der Waals surface area contributed by atoms with Crippen molar-refractivity contribution >= 4 is 21.6 Å². The fourth-order valence-corrected chi connectivity index (χ4v) is 3.10. The molecule has 0 heterocycles. The van der Waals surface area contributed by atoms with Crippen LogP contribution in [-0.2, 0) is 10.1 Å². The number of nitrogens with zero attached hydrogens (tertiary/aromatic N) is 1. The summed E-state index contributed by atoms with van der Waals surface area (Å²) >= 11 is 0. The molecule has 0 unspecified atom stereocenters. The zero-order valence-electron chi connectivity index (χ0n) is 12.3. The highest BCUT2D eigenvalue weighted by Crippen LogP contribution is 2.25. The van der Waals surface area contributed by atoms with Gasteiger partial charge in [0.2, 0.25) is 0 Å². The third kappa shape index (κ3) is 3.72. The van der Waals surface area contributed by atoms with Gasteiger partial charge in [-0.25, -0.2) is 0 Å². The van der Waals surface area contributed by atoms with Crippen LogP contribution in [0.25, 0.3) is 0 Å². The smallest absolute Gasteiger partial charge is 0.339 e. The molecule has 0 fully saturated rings. The first-order valence-electron chi connectivity index (χ1n) is 6.51. The van der Waals surface area contributed by atoms with Gasteiger partial charge in [0, 0.05) is 17.7 Å². The van der Waals surface area contributed by atoms with Crippen molar-refractivity contribution in [3.63, 3.8) is 0 Å². The Bertz CT molecular complexity index is 889. The van der Waals surface area contributed by atoms with Crippen LogP contribution in [0.3, 0.4) is 0 Å².